The van der Waals surface area contributed by atoms with Crippen LogP contribution in [0.3, 0.4) is 0 Å². The van der Waals surface area contributed by atoms with Gasteiger partial charge in [-0.2, -0.15) is 0 Å². The second-order valence-corrected chi connectivity index (χ2v) is 6.06. The number of rotatable bonds is 2. The molecule has 106 valence electrons. The summed E-state index contributed by atoms with van der Waals surface area (Å²) in [6.07, 6.45) is 3.27. The zero-order chi connectivity index (χ0) is 14.9. The normalized spacial score (nSPS) is 12.0. The molecule has 1 aliphatic heterocycles. The number of nitrogens with one attached hydrogen (secondary N) is 1. The summed E-state index contributed by atoms with van der Waals surface area (Å²) in [7, 11) is 0. The molecule has 4 heteroatoms. The molecule has 0 radical (unpaired) electrons. The van der Waals surface area contributed by atoms with Crippen LogP contribution in [0.2, 0.25) is 0 Å². The zero-order valence-corrected chi connectivity index (χ0v) is 12.4. The second kappa shape index (κ2) is 5.31. The predicted octanol–water partition coefficient (Wildman–Crippen LogP) is 4.52. The molecular formula is C18H12N2OS. The van der Waals surface area contributed by atoms with Crippen molar-refractivity contribution in [3.8, 4) is 0 Å². The van der Waals surface area contributed by atoms with Crippen LogP contribution < -0.4 is 5.32 Å². The molecule has 3 nitrogen and oxygen atoms in total. The number of carbonyl (C=O) groups is 1. The van der Waals surface area contributed by atoms with Crippen molar-refractivity contribution in [1.82, 2.24) is 4.98 Å². The summed E-state index contributed by atoms with van der Waals surface area (Å²) in [4.78, 5) is 19.0. The Morgan fingerprint density at radius 2 is 1.82 bits per heavy atom. The molecule has 2 heterocycles. The van der Waals surface area contributed by atoms with Crippen LogP contribution in [0.4, 0.5) is 11.4 Å². The minimum Gasteiger partial charge on any atom is -0.353 e. The summed E-state index contributed by atoms with van der Waals surface area (Å²) >= 11 is 1.68. The number of benzene rings is 2. The Labute approximate surface area is 132 Å². The SMILES string of the molecule is O=C(c1cccnc1)c1cccc2c1Nc1ccccc1S2. The van der Waals surface area contributed by atoms with Crippen LogP contribution in [-0.2, 0) is 0 Å². The van der Waals surface area contributed by atoms with E-state index in [4.69, 9.17) is 0 Å². The first-order valence-electron chi connectivity index (χ1n) is 6.94. The standard InChI is InChI=1S/C18H12N2OS/c21-18(12-5-4-10-19-11-12)13-6-3-9-16-17(13)20-14-7-1-2-8-15(14)22-16/h1-11,20H. The van der Waals surface area contributed by atoms with Crippen molar-refractivity contribution < 1.29 is 4.79 Å². The van der Waals surface area contributed by atoms with Gasteiger partial charge in [0.1, 0.15) is 0 Å². The van der Waals surface area contributed by atoms with Gasteiger partial charge in [-0.3, -0.25) is 9.78 Å². The number of anilines is 2. The number of aromatic nitrogens is 1. The molecule has 0 saturated carbocycles. The fraction of sp³-hybridized carbons (Fsp3) is 0. The summed E-state index contributed by atoms with van der Waals surface area (Å²) in [5, 5.41) is 3.40. The maximum atomic E-state index is 12.7. The van der Waals surface area contributed by atoms with Gasteiger partial charge in [0.15, 0.2) is 5.78 Å². The molecule has 0 atom stereocenters. The number of carbonyl (C=O) groups excluding carboxylic acids is 1. The maximum Gasteiger partial charge on any atom is 0.196 e. The molecule has 4 rings (SSSR count). The molecule has 1 aliphatic rings. The van der Waals surface area contributed by atoms with Gasteiger partial charge in [0.25, 0.3) is 0 Å². The summed E-state index contributed by atoms with van der Waals surface area (Å²) < 4.78 is 0. The van der Waals surface area contributed by atoms with E-state index < -0.39 is 0 Å². The number of hydrogen-bond acceptors (Lipinski definition) is 4. The highest BCUT2D eigenvalue weighted by Crippen LogP contribution is 2.45. The third-order valence-corrected chi connectivity index (χ3v) is 4.70. The fourth-order valence-electron chi connectivity index (χ4n) is 2.50. The minimum atomic E-state index is -0.0163. The highest BCUT2D eigenvalue weighted by atomic mass is 32.2. The van der Waals surface area contributed by atoms with E-state index in [1.54, 1.807) is 36.3 Å². The lowest BCUT2D eigenvalue weighted by Gasteiger charge is -2.22. The molecular weight excluding hydrogens is 292 g/mol. The van der Waals surface area contributed by atoms with Crippen LogP contribution in [-0.4, -0.2) is 10.8 Å². The summed E-state index contributed by atoms with van der Waals surface area (Å²) in [6, 6.07) is 17.5. The van der Waals surface area contributed by atoms with Crippen LogP contribution >= 0.6 is 11.8 Å². The zero-order valence-electron chi connectivity index (χ0n) is 11.6. The lowest BCUT2D eigenvalue weighted by atomic mass is 10.0. The van der Waals surface area contributed by atoms with Crippen molar-refractivity contribution in [1.29, 1.82) is 0 Å². The molecule has 0 amide bonds. The first kappa shape index (κ1) is 13.1. The molecule has 2 aromatic carbocycles. The van der Waals surface area contributed by atoms with Gasteiger partial charge in [0, 0.05) is 33.3 Å². The van der Waals surface area contributed by atoms with Crippen molar-refractivity contribution in [2.24, 2.45) is 0 Å². The van der Waals surface area contributed by atoms with Gasteiger partial charge in [-0.05, 0) is 36.4 Å². The topological polar surface area (TPSA) is 42.0 Å². The Bertz CT molecular complexity index is 862. The third kappa shape index (κ3) is 2.18. The molecule has 1 N–H and O–H groups in total. The fourth-order valence-corrected chi connectivity index (χ4v) is 3.52. The van der Waals surface area contributed by atoms with Gasteiger partial charge in [0.05, 0.1) is 11.4 Å². The van der Waals surface area contributed by atoms with E-state index in [-0.39, 0.29) is 5.78 Å². The number of hydrogen-bond donors (Lipinski definition) is 1. The van der Waals surface area contributed by atoms with E-state index in [0.717, 1.165) is 16.3 Å². The first-order valence-corrected chi connectivity index (χ1v) is 7.76. The number of fused-ring (bicyclic) bond motifs is 2. The van der Waals surface area contributed by atoms with Crippen molar-refractivity contribution in [2.75, 3.05) is 5.32 Å². The molecule has 0 saturated heterocycles. The van der Waals surface area contributed by atoms with Crippen molar-refractivity contribution in [2.45, 2.75) is 9.79 Å². The predicted molar refractivity (Wildman–Crippen MR) is 88.0 cm³/mol. The van der Waals surface area contributed by atoms with Crippen LogP contribution in [0.5, 0.6) is 0 Å². The van der Waals surface area contributed by atoms with E-state index in [9.17, 15) is 4.79 Å². The number of para-hydroxylation sites is 2. The van der Waals surface area contributed by atoms with Gasteiger partial charge in [-0.1, -0.05) is 30.0 Å². The van der Waals surface area contributed by atoms with E-state index in [1.165, 1.54) is 4.90 Å². The van der Waals surface area contributed by atoms with Crippen molar-refractivity contribution >= 4 is 28.9 Å². The van der Waals surface area contributed by atoms with E-state index >= 15 is 0 Å². The number of pyridine rings is 1. The maximum absolute atomic E-state index is 12.7. The highest BCUT2D eigenvalue weighted by molar-refractivity contribution is 7.99. The lowest BCUT2D eigenvalue weighted by molar-refractivity contribution is 0.103. The molecule has 0 spiro atoms. The van der Waals surface area contributed by atoms with Gasteiger partial charge in [-0.15, -0.1) is 0 Å². The number of ketones is 1. The summed E-state index contributed by atoms with van der Waals surface area (Å²) in [6.45, 7) is 0. The Morgan fingerprint density at radius 1 is 0.955 bits per heavy atom. The molecule has 0 unspecified atom stereocenters. The molecule has 3 aromatic rings. The van der Waals surface area contributed by atoms with Gasteiger partial charge < -0.3 is 5.32 Å². The van der Waals surface area contributed by atoms with Gasteiger partial charge in [0.2, 0.25) is 0 Å². The molecule has 0 fully saturated rings. The van der Waals surface area contributed by atoms with Crippen LogP contribution in [0.1, 0.15) is 15.9 Å². The van der Waals surface area contributed by atoms with Gasteiger partial charge >= 0.3 is 0 Å². The average molecular weight is 304 g/mol. The average Bonchev–Trinajstić information content (AvgIpc) is 2.59. The highest BCUT2D eigenvalue weighted by Gasteiger charge is 2.21. The van der Waals surface area contributed by atoms with Crippen LogP contribution in [0.15, 0.2) is 76.8 Å². The van der Waals surface area contributed by atoms with Crippen molar-refractivity contribution in [3.63, 3.8) is 0 Å². The summed E-state index contributed by atoms with van der Waals surface area (Å²) in [5.74, 6) is -0.0163. The molecule has 0 bridgehead atoms. The quantitative estimate of drug-likeness (QED) is 0.553. The molecule has 1 aromatic heterocycles. The van der Waals surface area contributed by atoms with E-state index in [2.05, 4.69) is 16.4 Å². The summed E-state index contributed by atoms with van der Waals surface area (Å²) in [5.41, 5.74) is 3.18. The second-order valence-electron chi connectivity index (χ2n) is 4.97. The Balaban J connectivity index is 1.80. The third-order valence-electron chi connectivity index (χ3n) is 3.56. The Hall–Kier alpha value is -2.59. The monoisotopic (exact) mass is 304 g/mol. The lowest BCUT2D eigenvalue weighted by Crippen LogP contribution is -2.09. The molecule has 0 aliphatic carbocycles. The first-order chi connectivity index (χ1) is 10.8. The van der Waals surface area contributed by atoms with Crippen LogP contribution in [0, 0.1) is 0 Å². The Kier molecular flexibility index (Phi) is 3.16. The Morgan fingerprint density at radius 3 is 2.68 bits per heavy atom. The number of nitrogens with zero attached hydrogens (tertiary/aromatic N) is 1. The van der Waals surface area contributed by atoms with Crippen molar-refractivity contribution in [3.05, 3.63) is 78.1 Å². The molecule has 22 heavy (non-hydrogen) atoms. The smallest absolute Gasteiger partial charge is 0.196 e. The van der Waals surface area contributed by atoms with E-state index in [1.807, 2.05) is 36.4 Å². The minimum absolute atomic E-state index is 0.0163. The largest absolute Gasteiger partial charge is 0.353 e. The van der Waals surface area contributed by atoms with E-state index in [0.29, 0.717) is 11.1 Å². The van der Waals surface area contributed by atoms with Gasteiger partial charge in [-0.25, -0.2) is 0 Å². The van der Waals surface area contributed by atoms with Crippen LogP contribution in [0.25, 0.3) is 0 Å².